The van der Waals surface area contributed by atoms with E-state index >= 15 is 0 Å². The molecule has 3 heterocycles. The molecule has 1 amide bonds. The highest BCUT2D eigenvalue weighted by atomic mass is 32.2. The number of hydrogen-bond donors (Lipinski definition) is 0. The van der Waals surface area contributed by atoms with Crippen molar-refractivity contribution in [2.75, 3.05) is 30.5 Å². The molecule has 0 spiro atoms. The summed E-state index contributed by atoms with van der Waals surface area (Å²) < 4.78 is 32.6. The molecule has 0 radical (unpaired) electrons. The lowest BCUT2D eigenvalue weighted by molar-refractivity contribution is 0.0633. The van der Waals surface area contributed by atoms with Gasteiger partial charge in [-0.1, -0.05) is 60.7 Å². The maximum absolute atomic E-state index is 14.2. The van der Waals surface area contributed by atoms with Crippen LogP contribution in [-0.4, -0.2) is 59.9 Å². The van der Waals surface area contributed by atoms with E-state index in [1.54, 1.807) is 61.1 Å². The zero-order valence-electron chi connectivity index (χ0n) is 26.7. The summed E-state index contributed by atoms with van der Waals surface area (Å²) in [4.78, 5) is 23.1. The molecule has 1 aliphatic heterocycles. The summed E-state index contributed by atoms with van der Waals surface area (Å²) in [7, 11) is -3.97. The van der Waals surface area contributed by atoms with E-state index in [-0.39, 0.29) is 17.3 Å². The first-order chi connectivity index (χ1) is 23.9. The predicted molar refractivity (Wildman–Crippen MR) is 192 cm³/mol. The van der Waals surface area contributed by atoms with Gasteiger partial charge < -0.3 is 9.47 Å². The maximum Gasteiger partial charge on any atom is 0.264 e. The molecule has 11 heteroatoms. The highest BCUT2D eigenvalue weighted by Crippen LogP contribution is 2.33. The molecule has 0 aliphatic carbocycles. The second-order valence-electron chi connectivity index (χ2n) is 12.0. The highest BCUT2D eigenvalue weighted by Gasteiger charge is 2.28. The molecule has 7 rings (SSSR count). The maximum atomic E-state index is 14.2. The van der Waals surface area contributed by atoms with E-state index in [4.69, 9.17) is 5.26 Å². The number of fused-ring (bicyclic) bond motifs is 1. The summed E-state index contributed by atoms with van der Waals surface area (Å²) in [5, 5.41) is 9.98. The van der Waals surface area contributed by atoms with Crippen molar-refractivity contribution in [3.05, 3.63) is 149 Å². The number of piperazine rings is 1. The van der Waals surface area contributed by atoms with E-state index in [9.17, 15) is 13.2 Å². The van der Waals surface area contributed by atoms with Crippen molar-refractivity contribution in [3.63, 3.8) is 0 Å². The number of imidazole rings is 1. The van der Waals surface area contributed by atoms with Crippen molar-refractivity contribution in [2.45, 2.75) is 24.5 Å². The number of nitrogens with zero attached hydrogens (tertiary/aromatic N) is 6. The second kappa shape index (κ2) is 14.1. The van der Waals surface area contributed by atoms with Gasteiger partial charge in [0.25, 0.3) is 15.9 Å². The minimum Gasteiger partial charge on any atom is -0.335 e. The molecule has 246 valence electrons. The molecule has 0 saturated carbocycles. The monoisotopic (exact) mass is 686 g/mol. The van der Waals surface area contributed by atoms with Gasteiger partial charge in [-0.2, -0.15) is 5.26 Å². The van der Waals surface area contributed by atoms with E-state index < -0.39 is 10.0 Å². The number of benzene rings is 4. The van der Waals surface area contributed by atoms with Crippen molar-refractivity contribution in [2.24, 2.45) is 0 Å². The summed E-state index contributed by atoms with van der Waals surface area (Å²) in [6, 6.07) is 35.6. The molecule has 1 fully saturated rings. The quantitative estimate of drug-likeness (QED) is 0.166. The topological polar surface area (TPSA) is 103 Å². The first-order valence-corrected chi connectivity index (χ1v) is 18.3. The summed E-state index contributed by atoms with van der Waals surface area (Å²) in [5.74, 6) is 0.00239. The van der Waals surface area contributed by atoms with Crippen LogP contribution >= 0.6 is 11.3 Å². The lowest BCUT2D eigenvalue weighted by Crippen LogP contribution is -2.48. The van der Waals surface area contributed by atoms with E-state index in [1.807, 2.05) is 58.0 Å². The Balaban J connectivity index is 1.13. The van der Waals surface area contributed by atoms with Gasteiger partial charge in [0.2, 0.25) is 0 Å². The molecular weight excluding hydrogens is 653 g/mol. The summed E-state index contributed by atoms with van der Waals surface area (Å²) in [6.45, 7) is 4.31. The average molecular weight is 687 g/mol. The average Bonchev–Trinajstić information content (AvgIpc) is 3.78. The van der Waals surface area contributed by atoms with Gasteiger partial charge in [0.15, 0.2) is 0 Å². The van der Waals surface area contributed by atoms with Crippen molar-refractivity contribution in [3.8, 4) is 6.07 Å². The largest absolute Gasteiger partial charge is 0.335 e. The van der Waals surface area contributed by atoms with Crippen LogP contribution in [0.4, 0.5) is 5.69 Å². The lowest BCUT2D eigenvalue weighted by Gasteiger charge is -2.34. The van der Waals surface area contributed by atoms with Crippen LogP contribution in [-0.2, 0) is 29.7 Å². The Hall–Kier alpha value is -5.28. The van der Waals surface area contributed by atoms with E-state index in [0.29, 0.717) is 41.5 Å². The normalized spacial score (nSPS) is 13.7. The molecule has 6 aromatic rings. The Bertz CT molecular complexity index is 2220. The van der Waals surface area contributed by atoms with Crippen LogP contribution in [0.15, 0.2) is 127 Å². The molecular formula is C38H34N6O3S2. The smallest absolute Gasteiger partial charge is 0.264 e. The molecule has 0 bridgehead atoms. The van der Waals surface area contributed by atoms with Crippen molar-refractivity contribution in [1.29, 1.82) is 5.26 Å². The zero-order valence-corrected chi connectivity index (χ0v) is 28.4. The van der Waals surface area contributed by atoms with Gasteiger partial charge in [0.1, 0.15) is 0 Å². The molecule has 0 N–H and O–H groups in total. The van der Waals surface area contributed by atoms with Gasteiger partial charge in [-0.15, -0.1) is 11.3 Å². The third-order valence-electron chi connectivity index (χ3n) is 8.78. The standard InChI is InChI=1S/C38H34N6O3S2/c39-23-29-11-13-31(14-12-29)26-43-28-40-24-34(43)27-44(49(46,47)35-9-5-2-6-10-35)33-15-16-36-32(21-33)22-37(48-36)38(45)42-19-17-41(18-20-42)25-30-7-3-1-4-8-30/h1-16,21-22,24,28H,17-20,25-27H2. The molecule has 9 nitrogen and oxygen atoms in total. The number of anilines is 1. The summed E-state index contributed by atoms with van der Waals surface area (Å²) in [6.07, 6.45) is 3.36. The third kappa shape index (κ3) is 7.12. The summed E-state index contributed by atoms with van der Waals surface area (Å²) in [5.41, 5.74) is 4.00. The van der Waals surface area contributed by atoms with Gasteiger partial charge in [-0.25, -0.2) is 13.4 Å². The van der Waals surface area contributed by atoms with E-state index in [0.717, 1.165) is 35.3 Å². The lowest BCUT2D eigenvalue weighted by atomic mass is 10.1. The Morgan fingerprint density at radius 3 is 2.24 bits per heavy atom. The van der Waals surface area contributed by atoms with Gasteiger partial charge in [0.05, 0.1) is 45.7 Å². The van der Waals surface area contributed by atoms with Crippen LogP contribution in [0.25, 0.3) is 10.1 Å². The number of rotatable bonds is 10. The fourth-order valence-electron chi connectivity index (χ4n) is 6.08. The van der Waals surface area contributed by atoms with Crippen LogP contribution < -0.4 is 4.31 Å². The number of hydrogen-bond acceptors (Lipinski definition) is 7. The number of aromatic nitrogens is 2. The SMILES string of the molecule is N#Cc1ccc(Cn2cncc2CN(c2ccc3sc(C(=O)N4CCN(Cc5ccccc5)CC4)cc3c2)S(=O)(=O)c2ccccc2)cc1. The Morgan fingerprint density at radius 2 is 1.53 bits per heavy atom. The number of carbonyl (C=O) groups is 1. The minimum atomic E-state index is -3.97. The van der Waals surface area contributed by atoms with Crippen LogP contribution in [0.1, 0.15) is 32.1 Å². The zero-order chi connectivity index (χ0) is 33.8. The minimum absolute atomic E-state index is 0.00239. The van der Waals surface area contributed by atoms with Crippen LogP contribution in [0.2, 0.25) is 0 Å². The fraction of sp³-hybridized carbons (Fsp3) is 0.184. The predicted octanol–water partition coefficient (Wildman–Crippen LogP) is 6.37. The fourth-order valence-corrected chi connectivity index (χ4v) is 8.54. The summed E-state index contributed by atoms with van der Waals surface area (Å²) >= 11 is 1.43. The number of sulfonamides is 1. The molecule has 1 aliphatic rings. The number of carbonyl (C=O) groups excluding carboxylic acids is 1. The highest BCUT2D eigenvalue weighted by molar-refractivity contribution is 7.92. The van der Waals surface area contributed by atoms with Crippen molar-refractivity contribution >= 4 is 43.0 Å². The molecule has 0 atom stereocenters. The van der Waals surface area contributed by atoms with Crippen LogP contribution in [0.5, 0.6) is 0 Å². The van der Waals surface area contributed by atoms with Crippen LogP contribution in [0.3, 0.4) is 0 Å². The van der Waals surface area contributed by atoms with Gasteiger partial charge in [-0.3, -0.25) is 14.0 Å². The molecule has 1 saturated heterocycles. The Labute approximate surface area is 289 Å². The van der Waals surface area contributed by atoms with E-state index in [1.165, 1.54) is 21.2 Å². The third-order valence-corrected chi connectivity index (χ3v) is 11.7. The van der Waals surface area contributed by atoms with Gasteiger partial charge in [0, 0.05) is 50.2 Å². The number of nitriles is 1. The first kappa shape index (κ1) is 32.3. The first-order valence-electron chi connectivity index (χ1n) is 16.0. The molecule has 0 unspecified atom stereocenters. The van der Waals surface area contributed by atoms with E-state index in [2.05, 4.69) is 28.1 Å². The van der Waals surface area contributed by atoms with Crippen molar-refractivity contribution < 1.29 is 13.2 Å². The molecule has 2 aromatic heterocycles. The van der Waals surface area contributed by atoms with Crippen molar-refractivity contribution in [1.82, 2.24) is 19.4 Å². The second-order valence-corrected chi connectivity index (χ2v) is 15.0. The number of thiophene rings is 1. The van der Waals surface area contributed by atoms with Gasteiger partial charge in [-0.05, 0) is 65.0 Å². The Morgan fingerprint density at radius 1 is 0.837 bits per heavy atom. The number of amides is 1. The molecule has 49 heavy (non-hydrogen) atoms. The van der Waals surface area contributed by atoms with Crippen LogP contribution in [0, 0.1) is 11.3 Å². The Kier molecular flexibility index (Phi) is 9.26. The van der Waals surface area contributed by atoms with Gasteiger partial charge >= 0.3 is 0 Å². The molecule has 4 aromatic carbocycles.